The molecule has 2 aromatic rings. The molecule has 0 radical (unpaired) electrons. The lowest BCUT2D eigenvalue weighted by Crippen LogP contribution is -2.39. The van der Waals surface area contributed by atoms with E-state index in [0.29, 0.717) is 28.2 Å². The highest BCUT2D eigenvalue weighted by Crippen LogP contribution is 2.36. The van der Waals surface area contributed by atoms with E-state index in [2.05, 4.69) is 36.6 Å². The van der Waals surface area contributed by atoms with E-state index < -0.39 is 0 Å². The summed E-state index contributed by atoms with van der Waals surface area (Å²) in [6, 6.07) is 6.26. The van der Waals surface area contributed by atoms with Crippen LogP contribution in [-0.4, -0.2) is 62.8 Å². The Balaban J connectivity index is 1.43. The minimum atomic E-state index is -0.0541. The van der Waals surface area contributed by atoms with Gasteiger partial charge in [-0.15, -0.1) is 0 Å². The summed E-state index contributed by atoms with van der Waals surface area (Å²) in [5.74, 6) is 0.791. The van der Waals surface area contributed by atoms with Crippen LogP contribution in [-0.2, 0) is 27.3 Å². The highest BCUT2D eigenvalue weighted by atomic mass is 32.2. The number of rotatable bonds is 6. The number of thiocarbonyl (C=S) groups is 1. The quantitative estimate of drug-likeness (QED) is 0.410. The molecule has 1 aromatic carbocycles. The summed E-state index contributed by atoms with van der Waals surface area (Å²) in [6.45, 7) is 7.65. The van der Waals surface area contributed by atoms with Crippen LogP contribution >= 0.6 is 24.0 Å². The van der Waals surface area contributed by atoms with Crippen LogP contribution in [0.2, 0.25) is 0 Å². The Hall–Kier alpha value is -2.16. The number of carbonyl (C=O) groups is 2. The van der Waals surface area contributed by atoms with Crippen LogP contribution in [0.4, 0.5) is 0 Å². The second-order valence-corrected chi connectivity index (χ2v) is 11.5. The molecule has 186 valence electrons. The van der Waals surface area contributed by atoms with Crippen LogP contribution < -0.4 is 0 Å². The number of hydrogen-bond acceptors (Lipinski definition) is 5. The molecular formula is C27H33N3O3S2. The molecule has 0 aliphatic carbocycles. The molecule has 3 fully saturated rings. The van der Waals surface area contributed by atoms with Crippen LogP contribution in [0, 0.1) is 5.92 Å². The van der Waals surface area contributed by atoms with Crippen molar-refractivity contribution < 1.29 is 14.3 Å². The van der Waals surface area contributed by atoms with E-state index in [-0.39, 0.29) is 17.9 Å². The molecular weight excluding hydrogens is 478 g/mol. The summed E-state index contributed by atoms with van der Waals surface area (Å²) in [4.78, 5) is 30.7. The molecule has 1 aromatic heterocycles. The highest BCUT2D eigenvalue weighted by Gasteiger charge is 2.35. The fourth-order valence-electron chi connectivity index (χ4n) is 5.28. The molecule has 3 saturated heterocycles. The van der Waals surface area contributed by atoms with Crippen molar-refractivity contribution in [3.8, 4) is 0 Å². The van der Waals surface area contributed by atoms with E-state index in [0.717, 1.165) is 68.3 Å². The lowest BCUT2D eigenvalue weighted by Gasteiger charge is -2.30. The Kier molecular flexibility index (Phi) is 7.32. The number of piperidine rings is 1. The second-order valence-electron chi connectivity index (χ2n) is 9.87. The molecule has 1 atom stereocenters. The van der Waals surface area contributed by atoms with Crippen molar-refractivity contribution in [2.75, 3.05) is 26.2 Å². The molecule has 8 heteroatoms. The van der Waals surface area contributed by atoms with Gasteiger partial charge in [-0.25, -0.2) is 0 Å². The number of carbonyl (C=O) groups excluding carboxylic acids is 2. The van der Waals surface area contributed by atoms with Crippen molar-refractivity contribution in [2.24, 2.45) is 5.92 Å². The van der Waals surface area contributed by atoms with Crippen LogP contribution in [0.15, 0.2) is 29.3 Å². The number of benzene rings is 1. The molecule has 2 amide bonds. The minimum absolute atomic E-state index is 0.0541. The highest BCUT2D eigenvalue weighted by molar-refractivity contribution is 8.26. The zero-order valence-electron chi connectivity index (χ0n) is 20.5. The maximum atomic E-state index is 13.2. The average molecular weight is 512 g/mol. The van der Waals surface area contributed by atoms with E-state index >= 15 is 0 Å². The van der Waals surface area contributed by atoms with Crippen LogP contribution in [0.25, 0.3) is 17.0 Å². The first kappa shape index (κ1) is 24.5. The third-order valence-electron chi connectivity index (χ3n) is 7.41. The van der Waals surface area contributed by atoms with Gasteiger partial charge in [0.15, 0.2) is 0 Å². The number of likely N-dealkylation sites (tertiary alicyclic amines) is 1. The topological polar surface area (TPSA) is 54.8 Å². The predicted octanol–water partition coefficient (Wildman–Crippen LogP) is 4.84. The number of thioether (sulfide) groups is 1. The van der Waals surface area contributed by atoms with Gasteiger partial charge in [0.25, 0.3) is 5.91 Å². The summed E-state index contributed by atoms with van der Waals surface area (Å²) >= 11 is 6.89. The number of nitrogens with zero attached hydrogens (tertiary/aromatic N) is 3. The van der Waals surface area contributed by atoms with Crippen LogP contribution in [0.1, 0.15) is 50.7 Å². The first-order valence-corrected chi connectivity index (χ1v) is 13.9. The van der Waals surface area contributed by atoms with Crippen molar-refractivity contribution in [3.63, 3.8) is 0 Å². The smallest absolute Gasteiger partial charge is 0.266 e. The van der Waals surface area contributed by atoms with Gasteiger partial charge in [0, 0.05) is 36.8 Å². The monoisotopic (exact) mass is 511 g/mol. The van der Waals surface area contributed by atoms with Gasteiger partial charge in [-0.1, -0.05) is 56.0 Å². The van der Waals surface area contributed by atoms with Crippen molar-refractivity contribution in [2.45, 2.75) is 58.6 Å². The molecule has 3 aliphatic rings. The van der Waals surface area contributed by atoms with Gasteiger partial charge in [-0.2, -0.15) is 0 Å². The molecule has 0 saturated carbocycles. The molecule has 0 spiro atoms. The first-order chi connectivity index (χ1) is 16.9. The maximum Gasteiger partial charge on any atom is 0.266 e. The van der Waals surface area contributed by atoms with Gasteiger partial charge in [0.1, 0.15) is 10.9 Å². The summed E-state index contributed by atoms with van der Waals surface area (Å²) in [7, 11) is 0. The predicted molar refractivity (Wildman–Crippen MR) is 145 cm³/mol. The van der Waals surface area contributed by atoms with Gasteiger partial charge in [0.2, 0.25) is 5.91 Å². The molecule has 5 rings (SSSR count). The molecule has 0 N–H and O–H groups in total. The number of aryl methyl sites for hydroxylation is 1. The van der Waals surface area contributed by atoms with Crippen molar-refractivity contribution in [1.29, 1.82) is 0 Å². The molecule has 0 unspecified atom stereocenters. The van der Waals surface area contributed by atoms with Gasteiger partial charge in [0.05, 0.1) is 23.1 Å². The van der Waals surface area contributed by atoms with Crippen molar-refractivity contribution >= 4 is 57.1 Å². The zero-order chi connectivity index (χ0) is 24.5. The average Bonchev–Trinajstić information content (AvgIpc) is 3.56. The summed E-state index contributed by atoms with van der Waals surface area (Å²) < 4.78 is 8.39. The third-order valence-corrected chi connectivity index (χ3v) is 8.78. The Labute approximate surface area is 216 Å². The van der Waals surface area contributed by atoms with E-state index in [1.165, 1.54) is 17.3 Å². The SMILES string of the molecule is CCc1cccc2c(/C=C3\SC(=S)N(C[C@H]4CCCO4)C3=O)cn(CC(=O)N3CCC(C)CC3)c12. The minimum Gasteiger partial charge on any atom is -0.376 e. The Bertz CT molecular complexity index is 1170. The summed E-state index contributed by atoms with van der Waals surface area (Å²) in [6.07, 6.45) is 9.04. The van der Waals surface area contributed by atoms with Gasteiger partial charge >= 0.3 is 0 Å². The van der Waals surface area contributed by atoms with Crippen molar-refractivity contribution in [1.82, 2.24) is 14.4 Å². The molecule has 6 nitrogen and oxygen atoms in total. The summed E-state index contributed by atoms with van der Waals surface area (Å²) in [5.41, 5.74) is 3.23. The molecule has 3 aliphatic heterocycles. The van der Waals surface area contributed by atoms with Gasteiger partial charge in [-0.05, 0) is 49.7 Å². The second kappa shape index (κ2) is 10.4. The number of para-hydroxylation sites is 1. The van der Waals surface area contributed by atoms with E-state index in [9.17, 15) is 9.59 Å². The third kappa shape index (κ3) is 5.06. The van der Waals surface area contributed by atoms with Crippen LogP contribution in [0.3, 0.4) is 0 Å². The molecule has 35 heavy (non-hydrogen) atoms. The largest absolute Gasteiger partial charge is 0.376 e. The number of aromatic nitrogens is 1. The van der Waals surface area contributed by atoms with E-state index in [1.807, 2.05) is 17.2 Å². The lowest BCUT2D eigenvalue weighted by molar-refractivity contribution is -0.133. The van der Waals surface area contributed by atoms with Crippen LogP contribution in [0.5, 0.6) is 0 Å². The Morgan fingerprint density at radius 1 is 1.26 bits per heavy atom. The number of fused-ring (bicyclic) bond motifs is 1. The Morgan fingerprint density at radius 3 is 2.77 bits per heavy atom. The molecule has 4 heterocycles. The fraction of sp³-hybridized carbons (Fsp3) is 0.519. The first-order valence-electron chi connectivity index (χ1n) is 12.7. The van der Waals surface area contributed by atoms with Crippen molar-refractivity contribution in [3.05, 3.63) is 40.4 Å². The zero-order valence-corrected chi connectivity index (χ0v) is 22.1. The molecule has 0 bridgehead atoms. The number of hydrogen-bond donors (Lipinski definition) is 0. The fourth-order valence-corrected chi connectivity index (χ4v) is 6.55. The van der Waals surface area contributed by atoms with E-state index in [4.69, 9.17) is 17.0 Å². The number of ether oxygens (including phenoxy) is 1. The van der Waals surface area contributed by atoms with E-state index in [1.54, 1.807) is 4.90 Å². The standard InChI is InChI=1S/C27H33N3O3S2/c1-3-19-6-4-8-22-20(14-23-26(32)30(27(34)35-23)16-21-7-5-13-33-21)15-29(25(19)22)17-24(31)28-11-9-18(2)10-12-28/h4,6,8,14-15,18,21H,3,5,7,9-13,16-17H2,1-2H3/b23-14-/t21-/m1/s1. The van der Waals surface area contributed by atoms with Gasteiger partial charge < -0.3 is 14.2 Å². The normalized spacial score (nSPS) is 22.8. The maximum absolute atomic E-state index is 13.2. The summed E-state index contributed by atoms with van der Waals surface area (Å²) in [5, 5.41) is 1.06. The lowest BCUT2D eigenvalue weighted by atomic mass is 9.99. The Morgan fingerprint density at radius 2 is 2.06 bits per heavy atom. The van der Waals surface area contributed by atoms with Gasteiger partial charge in [-0.3, -0.25) is 14.5 Å². The number of amides is 2.